The molecule has 0 aromatic heterocycles. The van der Waals surface area contributed by atoms with E-state index in [2.05, 4.69) is 5.32 Å². The van der Waals surface area contributed by atoms with E-state index in [9.17, 15) is 13.2 Å². The quantitative estimate of drug-likeness (QED) is 0.747. The molecule has 0 saturated carbocycles. The van der Waals surface area contributed by atoms with Crippen LogP contribution in [0.3, 0.4) is 0 Å². The number of rotatable bonds is 8. The van der Waals surface area contributed by atoms with Gasteiger partial charge in [0.15, 0.2) is 0 Å². The summed E-state index contributed by atoms with van der Waals surface area (Å²) in [5.74, 6) is 0.430. The minimum Gasteiger partial charge on any atom is -0.495 e. The second-order valence-electron chi connectivity index (χ2n) is 6.55. The molecule has 0 unspecified atom stereocenters. The van der Waals surface area contributed by atoms with Crippen molar-refractivity contribution in [3.63, 3.8) is 0 Å². The Hall–Kier alpha value is -2.54. The number of methoxy groups -OCH3 is 1. The van der Waals surface area contributed by atoms with Crippen molar-refractivity contribution >= 4 is 27.3 Å². The highest BCUT2D eigenvalue weighted by molar-refractivity contribution is 7.92. The van der Waals surface area contributed by atoms with Gasteiger partial charge in [0.25, 0.3) is 0 Å². The van der Waals surface area contributed by atoms with Crippen molar-refractivity contribution < 1.29 is 17.9 Å². The summed E-state index contributed by atoms with van der Waals surface area (Å²) in [6.07, 6.45) is 1.18. The molecule has 0 spiro atoms. The average Bonchev–Trinajstić information content (AvgIpc) is 2.61. The molecule has 7 heteroatoms. The van der Waals surface area contributed by atoms with Gasteiger partial charge in [-0.2, -0.15) is 0 Å². The molecule has 0 fully saturated rings. The van der Waals surface area contributed by atoms with Crippen LogP contribution in [0.1, 0.15) is 31.7 Å². The molecule has 146 valence electrons. The summed E-state index contributed by atoms with van der Waals surface area (Å²) in [6.45, 7) is 4.07. The van der Waals surface area contributed by atoms with Crippen molar-refractivity contribution in [3.8, 4) is 5.75 Å². The summed E-state index contributed by atoms with van der Waals surface area (Å²) in [5, 5.41) is 2.77. The van der Waals surface area contributed by atoms with Crippen LogP contribution in [0.15, 0.2) is 48.5 Å². The molecule has 2 aromatic rings. The first-order valence-electron chi connectivity index (χ1n) is 8.73. The lowest BCUT2D eigenvalue weighted by Crippen LogP contribution is -2.33. The second kappa shape index (κ2) is 8.90. The average molecular weight is 391 g/mol. The number of hydrogen-bond acceptors (Lipinski definition) is 4. The minimum absolute atomic E-state index is 0.0253. The topological polar surface area (TPSA) is 75.7 Å². The Labute approximate surface area is 161 Å². The maximum absolute atomic E-state index is 12.4. The lowest BCUT2D eigenvalue weighted by molar-refractivity contribution is -0.116. The van der Waals surface area contributed by atoms with E-state index >= 15 is 0 Å². The van der Waals surface area contributed by atoms with Crippen LogP contribution >= 0.6 is 0 Å². The van der Waals surface area contributed by atoms with E-state index < -0.39 is 10.0 Å². The Morgan fingerprint density at radius 3 is 2.37 bits per heavy atom. The summed E-state index contributed by atoms with van der Waals surface area (Å²) in [6, 6.07) is 14.4. The zero-order valence-electron chi connectivity index (χ0n) is 16.1. The van der Waals surface area contributed by atoms with Gasteiger partial charge < -0.3 is 10.1 Å². The maximum Gasteiger partial charge on any atom is 0.232 e. The molecule has 1 N–H and O–H groups in total. The number of nitrogens with zero attached hydrogens (tertiary/aromatic N) is 1. The predicted molar refractivity (Wildman–Crippen MR) is 109 cm³/mol. The van der Waals surface area contributed by atoms with Crippen LogP contribution < -0.4 is 14.4 Å². The third kappa shape index (κ3) is 5.47. The molecule has 0 saturated heterocycles. The van der Waals surface area contributed by atoms with Crippen molar-refractivity contribution in [1.29, 1.82) is 0 Å². The number of nitrogens with one attached hydrogen (secondary N) is 1. The first kappa shape index (κ1) is 20.8. The Balaban J connectivity index is 2.18. The summed E-state index contributed by atoms with van der Waals surface area (Å²) in [4.78, 5) is 12.4. The number of benzene rings is 2. The number of amides is 1. The molecule has 2 aromatic carbocycles. The molecule has 6 nitrogen and oxygen atoms in total. The minimum atomic E-state index is -3.53. The van der Waals surface area contributed by atoms with Crippen molar-refractivity contribution in [2.75, 3.05) is 29.5 Å². The smallest absolute Gasteiger partial charge is 0.232 e. The van der Waals surface area contributed by atoms with Gasteiger partial charge in [-0.25, -0.2) is 8.42 Å². The molecule has 27 heavy (non-hydrogen) atoms. The molecule has 0 aliphatic rings. The van der Waals surface area contributed by atoms with Crippen molar-refractivity contribution in [3.05, 3.63) is 54.1 Å². The number of ether oxygens (including phenoxy) is 1. The molecule has 0 radical (unpaired) electrons. The van der Waals surface area contributed by atoms with E-state index in [1.54, 1.807) is 30.3 Å². The van der Waals surface area contributed by atoms with Gasteiger partial charge in [-0.3, -0.25) is 9.10 Å². The molecule has 2 rings (SSSR count). The fraction of sp³-hybridized carbons (Fsp3) is 0.350. The lowest BCUT2D eigenvalue weighted by Gasteiger charge is -2.26. The number of carbonyl (C=O) groups excluding carboxylic acids is 1. The molecule has 0 bridgehead atoms. The first-order chi connectivity index (χ1) is 12.7. The fourth-order valence-electron chi connectivity index (χ4n) is 2.83. The van der Waals surface area contributed by atoms with Crippen molar-refractivity contribution in [2.45, 2.75) is 26.2 Å². The summed E-state index contributed by atoms with van der Waals surface area (Å²) in [5.41, 5.74) is 2.09. The SMILES string of the molecule is COc1ccccc1NC(=O)CCN(c1ccccc1C(C)C)S(C)(=O)=O. The number of hydrogen-bond donors (Lipinski definition) is 1. The van der Waals surface area contributed by atoms with Crippen LogP contribution in [-0.2, 0) is 14.8 Å². The molecule has 0 aliphatic carbocycles. The summed E-state index contributed by atoms with van der Waals surface area (Å²) < 4.78 is 31.2. The summed E-state index contributed by atoms with van der Waals surface area (Å²) in [7, 11) is -2.00. The van der Waals surface area contributed by atoms with E-state index in [1.165, 1.54) is 11.4 Å². The molecule has 0 aliphatic heterocycles. The third-order valence-electron chi connectivity index (χ3n) is 4.15. The van der Waals surface area contributed by atoms with Crippen molar-refractivity contribution in [2.24, 2.45) is 0 Å². The highest BCUT2D eigenvalue weighted by Crippen LogP contribution is 2.29. The third-order valence-corrected chi connectivity index (χ3v) is 5.33. The maximum atomic E-state index is 12.4. The molecule has 0 heterocycles. The molecule has 1 amide bonds. The molecular weight excluding hydrogens is 364 g/mol. The van der Waals surface area contributed by atoms with Gasteiger partial charge in [0, 0.05) is 13.0 Å². The fourth-order valence-corrected chi connectivity index (χ4v) is 3.78. The van der Waals surface area contributed by atoms with E-state index in [0.717, 1.165) is 11.8 Å². The largest absolute Gasteiger partial charge is 0.495 e. The highest BCUT2D eigenvalue weighted by atomic mass is 32.2. The van der Waals surface area contributed by atoms with E-state index in [0.29, 0.717) is 17.1 Å². The van der Waals surface area contributed by atoms with Gasteiger partial charge in [0.2, 0.25) is 15.9 Å². The highest BCUT2D eigenvalue weighted by Gasteiger charge is 2.22. The zero-order chi connectivity index (χ0) is 20.0. The Morgan fingerprint density at radius 1 is 1.11 bits per heavy atom. The Kier molecular flexibility index (Phi) is 6.85. The zero-order valence-corrected chi connectivity index (χ0v) is 16.9. The summed E-state index contributed by atoms with van der Waals surface area (Å²) >= 11 is 0. The van der Waals surface area contributed by atoms with Crippen LogP contribution in [0.2, 0.25) is 0 Å². The van der Waals surface area contributed by atoms with Crippen LogP contribution in [0.4, 0.5) is 11.4 Å². The van der Waals surface area contributed by atoms with Crippen LogP contribution in [0.25, 0.3) is 0 Å². The number of anilines is 2. The lowest BCUT2D eigenvalue weighted by atomic mass is 10.0. The van der Waals surface area contributed by atoms with Gasteiger partial charge >= 0.3 is 0 Å². The number of carbonyl (C=O) groups is 1. The van der Waals surface area contributed by atoms with Gasteiger partial charge in [0.05, 0.1) is 24.7 Å². The van der Waals surface area contributed by atoms with E-state index in [4.69, 9.17) is 4.74 Å². The van der Waals surface area contributed by atoms with Gasteiger partial charge in [-0.1, -0.05) is 44.2 Å². The van der Waals surface area contributed by atoms with E-state index in [1.807, 2.05) is 32.0 Å². The normalized spacial score (nSPS) is 11.3. The van der Waals surface area contributed by atoms with Crippen LogP contribution in [0, 0.1) is 0 Å². The predicted octanol–water partition coefficient (Wildman–Crippen LogP) is 3.61. The van der Waals surface area contributed by atoms with Crippen molar-refractivity contribution in [1.82, 2.24) is 0 Å². The van der Waals surface area contributed by atoms with Gasteiger partial charge in [0.1, 0.15) is 5.75 Å². The first-order valence-corrected chi connectivity index (χ1v) is 10.6. The monoisotopic (exact) mass is 390 g/mol. The van der Waals surface area contributed by atoms with Gasteiger partial charge in [-0.05, 0) is 29.7 Å². The second-order valence-corrected chi connectivity index (χ2v) is 8.45. The molecule has 0 atom stereocenters. The number of para-hydroxylation sites is 3. The van der Waals surface area contributed by atoms with E-state index in [-0.39, 0.29) is 24.8 Å². The van der Waals surface area contributed by atoms with Crippen LogP contribution in [-0.4, -0.2) is 34.2 Å². The standard InChI is InChI=1S/C20H26N2O4S/c1-15(2)16-9-5-7-11-18(16)22(27(4,24)25)14-13-20(23)21-17-10-6-8-12-19(17)26-3/h5-12,15H,13-14H2,1-4H3,(H,21,23). The Morgan fingerprint density at radius 2 is 1.74 bits per heavy atom. The van der Waals surface area contributed by atoms with Crippen LogP contribution in [0.5, 0.6) is 5.75 Å². The number of sulfonamides is 1. The molecular formula is C20H26N2O4S. The van der Waals surface area contributed by atoms with Gasteiger partial charge in [-0.15, -0.1) is 0 Å². The Bertz CT molecular complexity index is 894.